The highest BCUT2D eigenvalue weighted by Crippen LogP contribution is 2.27. The molecule has 0 amide bonds. The SMILES string of the molecule is COc1ccc(Cn2ccc3cc(OC)c([NH+]([O-])O)cc3c2=O)c(OC)c1. The van der Waals surface area contributed by atoms with Gasteiger partial charge in [-0.2, -0.15) is 5.23 Å². The maximum atomic E-state index is 12.9. The van der Waals surface area contributed by atoms with Crippen LogP contribution in [-0.2, 0) is 6.54 Å². The summed E-state index contributed by atoms with van der Waals surface area (Å²) in [6, 6.07) is 10.0. The molecule has 0 fully saturated rings. The first-order valence-corrected chi connectivity index (χ1v) is 8.14. The summed E-state index contributed by atoms with van der Waals surface area (Å²) in [6.07, 6.45) is 1.66. The smallest absolute Gasteiger partial charge is 0.258 e. The topological polar surface area (TPSA) is 97.4 Å². The van der Waals surface area contributed by atoms with E-state index in [4.69, 9.17) is 14.2 Å². The van der Waals surface area contributed by atoms with Gasteiger partial charge in [0.15, 0.2) is 5.75 Å². The molecule has 27 heavy (non-hydrogen) atoms. The van der Waals surface area contributed by atoms with Crippen LogP contribution < -0.4 is 25.0 Å². The summed E-state index contributed by atoms with van der Waals surface area (Å²) in [5, 5.41) is 20.6. The lowest BCUT2D eigenvalue weighted by Crippen LogP contribution is -2.99. The Morgan fingerprint density at radius 1 is 1.04 bits per heavy atom. The van der Waals surface area contributed by atoms with Crippen LogP contribution in [0.15, 0.2) is 47.4 Å². The van der Waals surface area contributed by atoms with Crippen molar-refractivity contribution in [2.45, 2.75) is 6.54 Å². The largest absolute Gasteiger partial charge is 0.595 e. The van der Waals surface area contributed by atoms with Crippen LogP contribution in [0.25, 0.3) is 10.8 Å². The van der Waals surface area contributed by atoms with E-state index in [2.05, 4.69) is 0 Å². The standard InChI is InChI=1S/C19H20N2O6/c1-25-14-5-4-13(17(9-14)26-2)11-20-7-6-12-8-18(27-3)16(21(23)24)10-15(12)19(20)22/h4-10,21,23H,11H2,1-3H3. The second kappa shape index (κ2) is 7.67. The number of quaternary nitrogens is 1. The molecule has 3 aromatic rings. The van der Waals surface area contributed by atoms with Crippen molar-refractivity contribution in [3.63, 3.8) is 0 Å². The monoisotopic (exact) mass is 372 g/mol. The van der Waals surface area contributed by atoms with Crippen LogP contribution in [0, 0.1) is 5.21 Å². The molecule has 2 aromatic carbocycles. The van der Waals surface area contributed by atoms with Crippen molar-refractivity contribution < 1.29 is 24.6 Å². The van der Waals surface area contributed by atoms with Gasteiger partial charge in [0.1, 0.15) is 11.5 Å². The normalized spacial score (nSPS) is 12.0. The molecule has 8 nitrogen and oxygen atoms in total. The van der Waals surface area contributed by atoms with Crippen molar-refractivity contribution in [3.05, 3.63) is 63.7 Å². The number of nitrogens with one attached hydrogen (secondary N) is 1. The Morgan fingerprint density at radius 2 is 1.78 bits per heavy atom. The lowest BCUT2D eigenvalue weighted by Gasteiger charge is -2.16. The molecule has 142 valence electrons. The van der Waals surface area contributed by atoms with E-state index >= 15 is 0 Å². The summed E-state index contributed by atoms with van der Waals surface area (Å²) in [4.78, 5) is 12.9. The number of hydrogen-bond acceptors (Lipinski definition) is 6. The quantitative estimate of drug-likeness (QED) is 0.636. The van der Waals surface area contributed by atoms with Crippen molar-refractivity contribution in [3.8, 4) is 17.2 Å². The maximum Gasteiger partial charge on any atom is 0.258 e. The van der Waals surface area contributed by atoms with E-state index in [-0.39, 0.29) is 23.5 Å². The average molecular weight is 372 g/mol. The number of benzene rings is 2. The van der Waals surface area contributed by atoms with Gasteiger partial charge in [0.25, 0.3) is 5.56 Å². The molecule has 1 unspecified atom stereocenters. The first kappa shape index (κ1) is 18.7. The number of aromatic nitrogens is 1. The van der Waals surface area contributed by atoms with Crippen LogP contribution in [0.2, 0.25) is 0 Å². The van der Waals surface area contributed by atoms with Crippen LogP contribution in [0.5, 0.6) is 17.2 Å². The van der Waals surface area contributed by atoms with Gasteiger partial charge in [0.2, 0.25) is 5.69 Å². The zero-order chi connectivity index (χ0) is 19.6. The zero-order valence-corrected chi connectivity index (χ0v) is 15.2. The van der Waals surface area contributed by atoms with Crippen molar-refractivity contribution in [1.29, 1.82) is 0 Å². The minimum absolute atomic E-state index is 0.0538. The van der Waals surface area contributed by atoms with Gasteiger partial charge >= 0.3 is 0 Å². The minimum atomic E-state index is -1.15. The maximum absolute atomic E-state index is 12.9. The van der Waals surface area contributed by atoms with Crippen LogP contribution in [-0.4, -0.2) is 31.1 Å². The van der Waals surface area contributed by atoms with Gasteiger partial charge in [-0.05, 0) is 29.7 Å². The Balaban J connectivity index is 2.09. The van der Waals surface area contributed by atoms with Crippen molar-refractivity contribution >= 4 is 16.5 Å². The number of fused-ring (bicyclic) bond motifs is 1. The number of pyridine rings is 1. The van der Waals surface area contributed by atoms with Crippen LogP contribution in [0.1, 0.15) is 5.56 Å². The highest BCUT2D eigenvalue weighted by molar-refractivity contribution is 5.86. The van der Waals surface area contributed by atoms with E-state index in [1.165, 1.54) is 17.7 Å². The highest BCUT2D eigenvalue weighted by atomic mass is 16.8. The summed E-state index contributed by atoms with van der Waals surface area (Å²) in [6.45, 7) is 0.274. The molecule has 1 heterocycles. The average Bonchev–Trinajstić information content (AvgIpc) is 2.69. The molecule has 1 atom stereocenters. The predicted octanol–water partition coefficient (Wildman–Crippen LogP) is 1.48. The zero-order valence-electron chi connectivity index (χ0n) is 15.2. The number of hydrogen-bond donors (Lipinski definition) is 2. The lowest BCUT2D eigenvalue weighted by atomic mass is 10.1. The number of nitrogens with zero attached hydrogens (tertiary/aromatic N) is 1. The predicted molar refractivity (Wildman–Crippen MR) is 99.2 cm³/mol. The Kier molecular flexibility index (Phi) is 5.31. The van der Waals surface area contributed by atoms with Gasteiger partial charge in [0, 0.05) is 23.9 Å². The van der Waals surface area contributed by atoms with Crippen molar-refractivity contribution in [1.82, 2.24) is 4.57 Å². The summed E-state index contributed by atoms with van der Waals surface area (Å²) < 4.78 is 17.2. The number of rotatable bonds is 6. The molecule has 0 spiro atoms. The molecule has 0 saturated heterocycles. The third-order valence-electron chi connectivity index (χ3n) is 4.36. The Morgan fingerprint density at radius 3 is 2.41 bits per heavy atom. The third-order valence-corrected chi connectivity index (χ3v) is 4.36. The van der Waals surface area contributed by atoms with E-state index in [0.717, 1.165) is 5.56 Å². The summed E-state index contributed by atoms with van der Waals surface area (Å²) in [7, 11) is 4.51. The van der Waals surface area contributed by atoms with Crippen LogP contribution in [0.3, 0.4) is 0 Å². The number of methoxy groups -OCH3 is 3. The Hall–Kier alpha value is -3.07. The molecular weight excluding hydrogens is 352 g/mol. The molecule has 2 N–H and O–H groups in total. The first-order chi connectivity index (χ1) is 13.0. The van der Waals surface area contributed by atoms with Gasteiger partial charge in [-0.3, -0.25) is 4.79 Å². The van der Waals surface area contributed by atoms with Crippen LogP contribution >= 0.6 is 0 Å². The van der Waals surface area contributed by atoms with E-state index in [1.807, 2.05) is 6.07 Å². The molecule has 0 saturated carbocycles. The summed E-state index contributed by atoms with van der Waals surface area (Å²) in [5.41, 5.74) is 0.448. The third kappa shape index (κ3) is 3.59. The van der Waals surface area contributed by atoms with Gasteiger partial charge in [-0.25, -0.2) is 5.21 Å². The molecule has 0 aliphatic rings. The first-order valence-electron chi connectivity index (χ1n) is 8.14. The minimum Gasteiger partial charge on any atom is -0.595 e. The van der Waals surface area contributed by atoms with E-state index in [0.29, 0.717) is 22.3 Å². The van der Waals surface area contributed by atoms with Gasteiger partial charge in [-0.15, -0.1) is 0 Å². The molecule has 0 aliphatic heterocycles. The van der Waals surface area contributed by atoms with E-state index in [9.17, 15) is 15.2 Å². The lowest BCUT2D eigenvalue weighted by molar-refractivity contribution is -0.991. The second-order valence-electron chi connectivity index (χ2n) is 5.87. The summed E-state index contributed by atoms with van der Waals surface area (Å²) >= 11 is 0. The molecular formula is C19H20N2O6. The highest BCUT2D eigenvalue weighted by Gasteiger charge is 2.15. The summed E-state index contributed by atoms with van der Waals surface area (Å²) in [5.74, 6) is 1.46. The molecule has 0 bridgehead atoms. The Bertz CT molecular complexity index is 1030. The molecule has 1 aromatic heterocycles. The molecule has 0 radical (unpaired) electrons. The van der Waals surface area contributed by atoms with E-state index in [1.54, 1.807) is 44.7 Å². The second-order valence-corrected chi connectivity index (χ2v) is 5.87. The van der Waals surface area contributed by atoms with Gasteiger partial charge < -0.3 is 24.0 Å². The van der Waals surface area contributed by atoms with Crippen molar-refractivity contribution in [2.75, 3.05) is 21.3 Å². The fourth-order valence-electron chi connectivity index (χ4n) is 2.94. The van der Waals surface area contributed by atoms with Gasteiger partial charge in [-0.1, -0.05) is 0 Å². The van der Waals surface area contributed by atoms with Crippen molar-refractivity contribution in [2.24, 2.45) is 0 Å². The van der Waals surface area contributed by atoms with Crippen LogP contribution in [0.4, 0.5) is 5.69 Å². The van der Waals surface area contributed by atoms with Gasteiger partial charge in [0.05, 0.1) is 33.3 Å². The molecule has 8 heteroatoms. The molecule has 3 rings (SSSR count). The number of ether oxygens (including phenoxy) is 3. The molecule has 0 aliphatic carbocycles. The Labute approximate surface area is 155 Å². The fourth-order valence-corrected chi connectivity index (χ4v) is 2.94. The van der Waals surface area contributed by atoms with E-state index < -0.39 is 5.23 Å². The fraction of sp³-hybridized carbons (Fsp3) is 0.211.